The third kappa shape index (κ3) is 2.52. The van der Waals surface area contributed by atoms with Crippen LogP contribution < -0.4 is 4.74 Å². The van der Waals surface area contributed by atoms with Crippen LogP contribution in [0.3, 0.4) is 0 Å². The fraction of sp³-hybridized carbons (Fsp3) is 0.600. The molecule has 0 amide bonds. The molecule has 0 bridgehead atoms. The minimum atomic E-state index is -0.267. The molecule has 2 rings (SSSR count). The fourth-order valence-electron chi connectivity index (χ4n) is 2.04. The summed E-state index contributed by atoms with van der Waals surface area (Å²) in [5, 5.41) is 0. The van der Waals surface area contributed by atoms with Crippen molar-refractivity contribution >= 4 is 0 Å². The Kier molecular flexibility index (Phi) is 3.39. The Morgan fingerprint density at radius 1 is 1.11 bits per heavy atom. The zero-order valence-corrected chi connectivity index (χ0v) is 11.8. The molecule has 0 aromatic heterocycles. The Hall–Kier alpha value is -1.06. The molecule has 1 fully saturated rings. The van der Waals surface area contributed by atoms with Gasteiger partial charge in [-0.2, -0.15) is 0 Å². The van der Waals surface area contributed by atoms with E-state index in [2.05, 4.69) is 33.8 Å². The first-order valence-electron chi connectivity index (χ1n) is 6.33. The summed E-state index contributed by atoms with van der Waals surface area (Å²) in [6.07, 6.45) is 0.548. The van der Waals surface area contributed by atoms with Gasteiger partial charge in [0.2, 0.25) is 0 Å². The third-order valence-electron chi connectivity index (χ3n) is 3.84. The molecule has 0 spiro atoms. The van der Waals surface area contributed by atoms with Crippen LogP contribution in [0.25, 0.3) is 0 Å². The van der Waals surface area contributed by atoms with E-state index in [0.717, 1.165) is 17.7 Å². The second-order valence-corrected chi connectivity index (χ2v) is 5.74. The van der Waals surface area contributed by atoms with E-state index in [4.69, 9.17) is 14.2 Å². The van der Waals surface area contributed by atoms with Crippen LogP contribution in [-0.2, 0) is 15.9 Å². The van der Waals surface area contributed by atoms with Gasteiger partial charge in [-0.05, 0) is 45.4 Å². The average Bonchev–Trinajstić information content (AvgIpc) is 2.47. The molecule has 1 aliphatic rings. The SMILES string of the molecule is COc1cccc(CC2OC(C)(C)C(C)(C)O2)c1. The maximum Gasteiger partial charge on any atom is 0.163 e. The summed E-state index contributed by atoms with van der Waals surface area (Å²) in [4.78, 5) is 0. The lowest BCUT2D eigenvalue weighted by Crippen LogP contribution is -2.41. The van der Waals surface area contributed by atoms with Crippen molar-refractivity contribution in [1.82, 2.24) is 0 Å². The van der Waals surface area contributed by atoms with E-state index in [1.54, 1.807) is 7.11 Å². The quantitative estimate of drug-likeness (QED) is 0.824. The first kappa shape index (κ1) is 13.4. The molecule has 0 N–H and O–H groups in total. The van der Waals surface area contributed by atoms with Gasteiger partial charge in [0.05, 0.1) is 18.3 Å². The lowest BCUT2D eigenvalue weighted by Gasteiger charge is -2.30. The van der Waals surface area contributed by atoms with Crippen molar-refractivity contribution in [3.63, 3.8) is 0 Å². The molecule has 0 saturated carbocycles. The highest BCUT2D eigenvalue weighted by Crippen LogP contribution is 2.39. The van der Waals surface area contributed by atoms with Crippen LogP contribution in [0.5, 0.6) is 5.75 Å². The molecule has 18 heavy (non-hydrogen) atoms. The normalized spacial score (nSPS) is 22.1. The number of benzene rings is 1. The highest BCUT2D eigenvalue weighted by atomic mass is 16.7. The van der Waals surface area contributed by atoms with Crippen molar-refractivity contribution in [1.29, 1.82) is 0 Å². The first-order chi connectivity index (χ1) is 8.34. The lowest BCUT2D eigenvalue weighted by molar-refractivity contribution is -0.0846. The molecule has 1 aromatic rings. The van der Waals surface area contributed by atoms with Gasteiger partial charge in [-0.3, -0.25) is 0 Å². The lowest BCUT2D eigenvalue weighted by atomic mass is 9.90. The third-order valence-corrected chi connectivity index (χ3v) is 3.84. The second kappa shape index (κ2) is 4.56. The summed E-state index contributed by atoms with van der Waals surface area (Å²) in [7, 11) is 1.67. The zero-order valence-electron chi connectivity index (χ0n) is 11.8. The van der Waals surface area contributed by atoms with Crippen LogP contribution in [0.2, 0.25) is 0 Å². The number of rotatable bonds is 3. The number of ether oxygens (including phenoxy) is 3. The minimum Gasteiger partial charge on any atom is -0.497 e. The van der Waals surface area contributed by atoms with Gasteiger partial charge in [-0.1, -0.05) is 12.1 Å². The molecule has 0 radical (unpaired) electrons. The number of hydrogen-bond donors (Lipinski definition) is 0. The van der Waals surface area contributed by atoms with E-state index in [9.17, 15) is 0 Å². The molecule has 1 aromatic carbocycles. The summed E-state index contributed by atoms with van der Waals surface area (Å²) in [5.74, 6) is 0.865. The van der Waals surface area contributed by atoms with E-state index >= 15 is 0 Å². The highest BCUT2D eigenvalue weighted by molar-refractivity contribution is 5.28. The van der Waals surface area contributed by atoms with Crippen molar-refractivity contribution in [2.45, 2.75) is 51.6 Å². The van der Waals surface area contributed by atoms with Crippen LogP contribution in [0.15, 0.2) is 24.3 Å². The summed E-state index contributed by atoms with van der Waals surface area (Å²) in [6.45, 7) is 8.27. The molecule has 1 heterocycles. The van der Waals surface area contributed by atoms with Crippen LogP contribution in [0, 0.1) is 0 Å². The Labute approximate surface area is 109 Å². The van der Waals surface area contributed by atoms with E-state index in [0.29, 0.717) is 0 Å². The van der Waals surface area contributed by atoms with Crippen molar-refractivity contribution in [3.05, 3.63) is 29.8 Å². The summed E-state index contributed by atoms with van der Waals surface area (Å²) in [6, 6.07) is 8.01. The smallest absolute Gasteiger partial charge is 0.163 e. The average molecular weight is 250 g/mol. The second-order valence-electron chi connectivity index (χ2n) is 5.74. The molecule has 1 saturated heterocycles. The maximum atomic E-state index is 5.98. The van der Waals surface area contributed by atoms with Gasteiger partial charge in [0.15, 0.2) is 6.29 Å². The van der Waals surface area contributed by atoms with Gasteiger partial charge in [0.1, 0.15) is 5.75 Å². The Balaban J connectivity index is 2.07. The molecule has 100 valence electrons. The van der Waals surface area contributed by atoms with Crippen LogP contribution in [0.1, 0.15) is 33.3 Å². The molecule has 3 heteroatoms. The topological polar surface area (TPSA) is 27.7 Å². The molecule has 0 unspecified atom stereocenters. The number of hydrogen-bond acceptors (Lipinski definition) is 3. The van der Waals surface area contributed by atoms with Gasteiger partial charge in [-0.15, -0.1) is 0 Å². The van der Waals surface area contributed by atoms with E-state index in [1.165, 1.54) is 0 Å². The van der Waals surface area contributed by atoms with Gasteiger partial charge < -0.3 is 14.2 Å². The fourth-order valence-corrected chi connectivity index (χ4v) is 2.04. The molecule has 0 atom stereocenters. The predicted molar refractivity (Wildman–Crippen MR) is 70.8 cm³/mol. The Bertz CT molecular complexity index is 408. The highest BCUT2D eigenvalue weighted by Gasteiger charge is 2.48. The maximum absolute atomic E-state index is 5.98. The molecule has 3 nitrogen and oxygen atoms in total. The van der Waals surface area contributed by atoms with Crippen LogP contribution >= 0.6 is 0 Å². The van der Waals surface area contributed by atoms with Crippen LogP contribution in [0.4, 0.5) is 0 Å². The van der Waals surface area contributed by atoms with Crippen LogP contribution in [-0.4, -0.2) is 24.6 Å². The standard InChI is InChI=1S/C15H22O3/c1-14(2)15(3,4)18-13(17-14)10-11-7-6-8-12(9-11)16-5/h6-9,13H,10H2,1-5H3. The van der Waals surface area contributed by atoms with Gasteiger partial charge in [-0.25, -0.2) is 0 Å². The van der Waals surface area contributed by atoms with Crippen molar-refractivity contribution < 1.29 is 14.2 Å². The zero-order chi connectivity index (χ0) is 13.4. The van der Waals surface area contributed by atoms with Crippen molar-refractivity contribution in [3.8, 4) is 5.75 Å². The van der Waals surface area contributed by atoms with Crippen molar-refractivity contribution in [2.24, 2.45) is 0 Å². The summed E-state index contributed by atoms with van der Waals surface area (Å²) < 4.78 is 17.2. The minimum absolute atomic E-state index is 0.192. The molecular weight excluding hydrogens is 228 g/mol. The summed E-state index contributed by atoms with van der Waals surface area (Å²) >= 11 is 0. The van der Waals surface area contributed by atoms with E-state index in [-0.39, 0.29) is 17.5 Å². The van der Waals surface area contributed by atoms with Gasteiger partial charge in [0.25, 0.3) is 0 Å². The molecule has 1 aliphatic heterocycles. The largest absolute Gasteiger partial charge is 0.497 e. The van der Waals surface area contributed by atoms with Gasteiger partial charge >= 0.3 is 0 Å². The molecular formula is C15H22O3. The molecule has 0 aliphatic carbocycles. The van der Waals surface area contributed by atoms with Crippen molar-refractivity contribution in [2.75, 3.05) is 7.11 Å². The summed E-state index contributed by atoms with van der Waals surface area (Å²) in [5.41, 5.74) is 0.625. The monoisotopic (exact) mass is 250 g/mol. The van der Waals surface area contributed by atoms with E-state index < -0.39 is 0 Å². The number of methoxy groups -OCH3 is 1. The first-order valence-corrected chi connectivity index (χ1v) is 6.33. The predicted octanol–water partition coefficient (Wildman–Crippen LogP) is 3.17. The Morgan fingerprint density at radius 3 is 2.28 bits per heavy atom. The van der Waals surface area contributed by atoms with Gasteiger partial charge in [0, 0.05) is 6.42 Å². The van der Waals surface area contributed by atoms with E-state index in [1.807, 2.05) is 18.2 Å². The Morgan fingerprint density at radius 2 is 1.72 bits per heavy atom.